The molecule has 1 aliphatic carbocycles. The predicted molar refractivity (Wildman–Crippen MR) is 54.0 cm³/mol. The fraction of sp³-hybridized carbons (Fsp3) is 0.800. The van der Waals surface area contributed by atoms with E-state index in [1.165, 1.54) is 5.57 Å². The summed E-state index contributed by atoms with van der Waals surface area (Å²) in [5, 5.41) is 1.15. The molecule has 0 saturated heterocycles. The molecule has 0 aromatic carbocycles. The molecule has 0 N–H and O–H groups in total. The van der Waals surface area contributed by atoms with Gasteiger partial charge in [-0.3, -0.25) is 0 Å². The zero-order valence-electron chi connectivity index (χ0n) is 7.82. The van der Waals surface area contributed by atoms with Crippen molar-refractivity contribution in [3.63, 3.8) is 0 Å². The van der Waals surface area contributed by atoms with Crippen molar-refractivity contribution in [2.24, 2.45) is 17.3 Å². The predicted octanol–water partition coefficient (Wildman–Crippen LogP) is 3.62. The van der Waals surface area contributed by atoms with E-state index in [0.29, 0.717) is 5.41 Å². The Kier molecular flexibility index (Phi) is 2.48. The third-order valence-corrected chi connectivity index (χ3v) is 3.52. The highest BCUT2D eigenvalue weighted by Gasteiger charge is 2.54. The molecule has 11 heavy (non-hydrogen) atoms. The number of allylic oxidation sites excluding steroid dienone is 2. The van der Waals surface area contributed by atoms with Crippen LogP contribution in [0.1, 0.15) is 27.7 Å². The Labute approximate surface area is 78.2 Å². The Morgan fingerprint density at radius 3 is 2.27 bits per heavy atom. The second-order valence-electron chi connectivity index (χ2n) is 4.35. The van der Waals surface area contributed by atoms with E-state index in [0.717, 1.165) is 17.2 Å². The van der Waals surface area contributed by atoms with Crippen molar-refractivity contribution in [2.45, 2.75) is 27.7 Å². The van der Waals surface area contributed by atoms with Crippen molar-refractivity contribution in [3.8, 4) is 0 Å². The number of halogens is 1. The standard InChI is InChI=1S/C10H17Br/c1-7(2)5-8-9(6-11)10(8,3)4/h5,8-9H,6H2,1-4H3. The first-order valence-electron chi connectivity index (χ1n) is 4.21. The van der Waals surface area contributed by atoms with Gasteiger partial charge in [0, 0.05) is 5.33 Å². The van der Waals surface area contributed by atoms with Crippen molar-refractivity contribution in [1.82, 2.24) is 0 Å². The molecule has 1 heteroatoms. The van der Waals surface area contributed by atoms with Gasteiger partial charge in [0.05, 0.1) is 0 Å². The maximum Gasteiger partial charge on any atom is 0.00708 e. The second-order valence-corrected chi connectivity index (χ2v) is 5.00. The fourth-order valence-corrected chi connectivity index (χ4v) is 3.01. The molecule has 1 saturated carbocycles. The number of hydrogen-bond donors (Lipinski definition) is 0. The minimum absolute atomic E-state index is 0.542. The van der Waals surface area contributed by atoms with Gasteiger partial charge in [-0.2, -0.15) is 0 Å². The molecular formula is C10H17Br. The third kappa shape index (κ3) is 1.69. The lowest BCUT2D eigenvalue weighted by Crippen LogP contribution is -1.89. The Balaban J connectivity index is 2.59. The van der Waals surface area contributed by atoms with Crippen LogP contribution in [0.3, 0.4) is 0 Å². The molecule has 0 spiro atoms. The van der Waals surface area contributed by atoms with Crippen LogP contribution >= 0.6 is 15.9 Å². The normalized spacial score (nSPS) is 33.2. The van der Waals surface area contributed by atoms with Crippen molar-refractivity contribution in [1.29, 1.82) is 0 Å². The quantitative estimate of drug-likeness (QED) is 0.489. The SMILES string of the molecule is CC(C)=CC1C(CBr)C1(C)C. The Morgan fingerprint density at radius 1 is 1.45 bits per heavy atom. The van der Waals surface area contributed by atoms with Gasteiger partial charge in [-0.1, -0.05) is 41.4 Å². The highest BCUT2D eigenvalue weighted by molar-refractivity contribution is 9.09. The van der Waals surface area contributed by atoms with Gasteiger partial charge >= 0.3 is 0 Å². The Bertz CT molecular complexity index is 175. The average molecular weight is 217 g/mol. The van der Waals surface area contributed by atoms with Gasteiger partial charge in [0.25, 0.3) is 0 Å². The van der Waals surface area contributed by atoms with E-state index in [-0.39, 0.29) is 0 Å². The lowest BCUT2D eigenvalue weighted by molar-refractivity contribution is 0.573. The van der Waals surface area contributed by atoms with Gasteiger partial charge in [0.2, 0.25) is 0 Å². The Hall–Kier alpha value is 0.220. The van der Waals surface area contributed by atoms with Crippen molar-refractivity contribution in [3.05, 3.63) is 11.6 Å². The number of rotatable bonds is 2. The fourth-order valence-electron chi connectivity index (χ4n) is 1.77. The molecule has 1 fully saturated rings. The van der Waals surface area contributed by atoms with Crippen molar-refractivity contribution >= 4 is 15.9 Å². The third-order valence-electron chi connectivity index (χ3n) is 2.82. The zero-order valence-corrected chi connectivity index (χ0v) is 9.40. The van der Waals surface area contributed by atoms with E-state index in [4.69, 9.17) is 0 Å². The molecule has 1 rings (SSSR count). The van der Waals surface area contributed by atoms with Crippen LogP contribution in [-0.2, 0) is 0 Å². The van der Waals surface area contributed by atoms with Crippen molar-refractivity contribution in [2.75, 3.05) is 5.33 Å². The molecule has 64 valence electrons. The molecule has 1 aliphatic rings. The van der Waals surface area contributed by atoms with Crippen LogP contribution in [0.5, 0.6) is 0 Å². The van der Waals surface area contributed by atoms with Gasteiger partial charge in [-0.15, -0.1) is 0 Å². The summed E-state index contributed by atoms with van der Waals surface area (Å²) in [7, 11) is 0. The lowest BCUT2D eigenvalue weighted by Gasteiger charge is -1.97. The summed E-state index contributed by atoms with van der Waals surface area (Å²) in [4.78, 5) is 0. The monoisotopic (exact) mass is 216 g/mol. The van der Waals surface area contributed by atoms with E-state index in [2.05, 4.69) is 49.7 Å². The summed E-state index contributed by atoms with van der Waals surface area (Å²) in [6.07, 6.45) is 2.41. The lowest BCUT2D eigenvalue weighted by atomic mass is 10.1. The summed E-state index contributed by atoms with van der Waals surface area (Å²) >= 11 is 3.55. The molecule has 0 nitrogen and oxygen atoms in total. The molecule has 0 bridgehead atoms. The first-order chi connectivity index (χ1) is 5.00. The summed E-state index contributed by atoms with van der Waals surface area (Å²) in [6.45, 7) is 9.06. The maximum atomic E-state index is 3.55. The molecule has 0 heterocycles. The van der Waals surface area contributed by atoms with Crippen LogP contribution < -0.4 is 0 Å². The van der Waals surface area contributed by atoms with Gasteiger partial charge in [-0.05, 0) is 31.1 Å². The highest BCUT2D eigenvalue weighted by Crippen LogP contribution is 2.59. The second kappa shape index (κ2) is 2.93. The van der Waals surface area contributed by atoms with Crippen LogP contribution in [0, 0.1) is 17.3 Å². The van der Waals surface area contributed by atoms with E-state index >= 15 is 0 Å². The molecule has 0 aromatic rings. The first-order valence-corrected chi connectivity index (χ1v) is 5.33. The molecule has 0 amide bonds. The summed E-state index contributed by atoms with van der Waals surface area (Å²) < 4.78 is 0. The first kappa shape index (κ1) is 9.31. The maximum absolute atomic E-state index is 3.55. The summed E-state index contributed by atoms with van der Waals surface area (Å²) in [6, 6.07) is 0. The van der Waals surface area contributed by atoms with Gasteiger partial charge in [-0.25, -0.2) is 0 Å². The van der Waals surface area contributed by atoms with Crippen LogP contribution in [0.2, 0.25) is 0 Å². The van der Waals surface area contributed by atoms with E-state index < -0.39 is 0 Å². The van der Waals surface area contributed by atoms with Gasteiger partial charge < -0.3 is 0 Å². The van der Waals surface area contributed by atoms with Crippen molar-refractivity contribution < 1.29 is 0 Å². The highest BCUT2D eigenvalue weighted by atomic mass is 79.9. The van der Waals surface area contributed by atoms with Crippen LogP contribution in [0.4, 0.5) is 0 Å². The molecule has 0 aromatic heterocycles. The topological polar surface area (TPSA) is 0 Å². The molecule has 0 radical (unpaired) electrons. The zero-order chi connectivity index (χ0) is 8.65. The van der Waals surface area contributed by atoms with Crippen LogP contribution in [-0.4, -0.2) is 5.33 Å². The van der Waals surface area contributed by atoms with Gasteiger partial charge in [0.1, 0.15) is 0 Å². The number of hydrogen-bond acceptors (Lipinski definition) is 0. The van der Waals surface area contributed by atoms with E-state index in [1.807, 2.05) is 0 Å². The molecule has 2 unspecified atom stereocenters. The van der Waals surface area contributed by atoms with E-state index in [9.17, 15) is 0 Å². The van der Waals surface area contributed by atoms with Gasteiger partial charge in [0.15, 0.2) is 0 Å². The largest absolute Gasteiger partial charge is 0.0925 e. The smallest absolute Gasteiger partial charge is 0.00708 e. The molecule has 2 atom stereocenters. The Morgan fingerprint density at radius 2 is 2.00 bits per heavy atom. The summed E-state index contributed by atoms with van der Waals surface area (Å²) in [5.74, 6) is 1.67. The number of alkyl halides is 1. The minimum atomic E-state index is 0.542. The van der Waals surface area contributed by atoms with Crippen LogP contribution in [0.15, 0.2) is 11.6 Å². The van der Waals surface area contributed by atoms with E-state index in [1.54, 1.807) is 0 Å². The molecule has 0 aliphatic heterocycles. The average Bonchev–Trinajstić information content (AvgIpc) is 2.33. The molecular weight excluding hydrogens is 200 g/mol. The van der Waals surface area contributed by atoms with Crippen LogP contribution in [0.25, 0.3) is 0 Å². The minimum Gasteiger partial charge on any atom is -0.0925 e. The summed E-state index contributed by atoms with van der Waals surface area (Å²) in [5.41, 5.74) is 1.99.